The van der Waals surface area contributed by atoms with Crippen LogP contribution in [0.5, 0.6) is 5.75 Å². The standard InChI is InChI=1S/C31H33ClFN5O3S/c1-41-27-13-7-24(8-14-27)34-29(39)21-28-30(40)38(26-9-3-22(32)4-10-26)31(42)37(28)16-2-15-35-17-19-36(20-18-35)25-11-5-23(33)6-12-25/h3-14,28H,2,15-21H2,1H3,(H,34,39)/t28-/m0/s1. The van der Waals surface area contributed by atoms with E-state index in [2.05, 4.69) is 15.1 Å². The zero-order chi connectivity index (χ0) is 29.6. The number of carbonyl (C=O) groups is 2. The minimum atomic E-state index is -0.721. The van der Waals surface area contributed by atoms with Gasteiger partial charge in [0, 0.05) is 49.1 Å². The van der Waals surface area contributed by atoms with E-state index in [1.54, 1.807) is 55.6 Å². The Bertz CT molecular complexity index is 1400. The van der Waals surface area contributed by atoms with E-state index in [0.717, 1.165) is 44.8 Å². The van der Waals surface area contributed by atoms with Gasteiger partial charge < -0.3 is 19.9 Å². The van der Waals surface area contributed by atoms with Gasteiger partial charge in [0.15, 0.2) is 5.11 Å². The second-order valence-electron chi connectivity index (χ2n) is 10.3. The number of carbonyl (C=O) groups excluding carboxylic acids is 2. The van der Waals surface area contributed by atoms with Gasteiger partial charge in [-0.3, -0.25) is 19.4 Å². The first-order chi connectivity index (χ1) is 20.3. The van der Waals surface area contributed by atoms with Crippen LogP contribution in [0.1, 0.15) is 12.8 Å². The molecule has 2 aliphatic rings. The molecule has 0 aliphatic carbocycles. The van der Waals surface area contributed by atoms with Crippen molar-refractivity contribution >= 4 is 57.8 Å². The van der Waals surface area contributed by atoms with Gasteiger partial charge in [0.2, 0.25) is 5.91 Å². The van der Waals surface area contributed by atoms with Crippen LogP contribution in [0.3, 0.4) is 0 Å². The van der Waals surface area contributed by atoms with Crippen molar-refractivity contribution < 1.29 is 18.7 Å². The quantitative estimate of drug-likeness (QED) is 0.323. The first-order valence-corrected chi connectivity index (χ1v) is 14.7. The van der Waals surface area contributed by atoms with Crippen molar-refractivity contribution in [2.24, 2.45) is 0 Å². The molecule has 0 spiro atoms. The molecule has 0 saturated carbocycles. The van der Waals surface area contributed by atoms with E-state index in [1.807, 2.05) is 17.0 Å². The number of anilines is 3. The number of methoxy groups -OCH3 is 1. The molecule has 0 aromatic heterocycles. The Labute approximate surface area is 255 Å². The van der Waals surface area contributed by atoms with Crippen LogP contribution in [-0.2, 0) is 9.59 Å². The van der Waals surface area contributed by atoms with Crippen molar-refractivity contribution in [2.45, 2.75) is 18.9 Å². The molecule has 2 amide bonds. The van der Waals surface area contributed by atoms with Crippen molar-refractivity contribution in [2.75, 3.05) is 61.5 Å². The fraction of sp³-hybridized carbons (Fsp3) is 0.323. The molecule has 220 valence electrons. The molecule has 2 heterocycles. The average Bonchev–Trinajstić information content (AvgIpc) is 3.22. The van der Waals surface area contributed by atoms with E-state index in [1.165, 1.54) is 17.0 Å². The van der Waals surface area contributed by atoms with Crippen molar-refractivity contribution in [3.8, 4) is 5.75 Å². The highest BCUT2D eigenvalue weighted by Crippen LogP contribution is 2.29. The molecule has 1 N–H and O–H groups in total. The summed E-state index contributed by atoms with van der Waals surface area (Å²) in [5, 5.41) is 3.82. The predicted molar refractivity (Wildman–Crippen MR) is 168 cm³/mol. The van der Waals surface area contributed by atoms with Crippen molar-refractivity contribution in [1.82, 2.24) is 9.80 Å². The lowest BCUT2D eigenvalue weighted by Crippen LogP contribution is -2.47. The lowest BCUT2D eigenvalue weighted by atomic mass is 10.1. The van der Waals surface area contributed by atoms with E-state index in [0.29, 0.717) is 33.8 Å². The van der Waals surface area contributed by atoms with Crippen molar-refractivity contribution in [1.29, 1.82) is 0 Å². The molecule has 2 saturated heterocycles. The summed E-state index contributed by atoms with van der Waals surface area (Å²) in [5.41, 5.74) is 2.26. The van der Waals surface area contributed by atoms with Crippen molar-refractivity contribution in [3.05, 3.63) is 83.6 Å². The Morgan fingerprint density at radius 2 is 1.60 bits per heavy atom. The van der Waals surface area contributed by atoms with Gasteiger partial charge in [-0.15, -0.1) is 0 Å². The van der Waals surface area contributed by atoms with Crippen LogP contribution >= 0.6 is 23.8 Å². The smallest absolute Gasteiger partial charge is 0.256 e. The third-order valence-electron chi connectivity index (χ3n) is 7.59. The fourth-order valence-corrected chi connectivity index (χ4v) is 5.86. The van der Waals surface area contributed by atoms with Gasteiger partial charge in [0.25, 0.3) is 5.91 Å². The number of ether oxygens (including phenoxy) is 1. The number of piperazine rings is 1. The number of thiocarbonyl (C=S) groups is 1. The van der Waals surface area contributed by atoms with Crippen LogP contribution in [-0.4, -0.2) is 79.1 Å². The SMILES string of the molecule is COc1ccc(NC(=O)C[C@H]2C(=O)N(c3ccc(Cl)cc3)C(=S)N2CCCN2CCN(c3ccc(F)cc3)CC2)cc1. The third kappa shape index (κ3) is 7.00. The zero-order valence-corrected chi connectivity index (χ0v) is 24.9. The summed E-state index contributed by atoms with van der Waals surface area (Å²) in [6.45, 7) is 4.83. The lowest BCUT2D eigenvalue weighted by Gasteiger charge is -2.36. The highest BCUT2D eigenvalue weighted by molar-refractivity contribution is 7.80. The number of amides is 2. The molecular weight excluding hydrogens is 577 g/mol. The number of nitrogens with zero attached hydrogens (tertiary/aromatic N) is 4. The van der Waals surface area contributed by atoms with E-state index in [-0.39, 0.29) is 24.1 Å². The monoisotopic (exact) mass is 609 g/mol. The Morgan fingerprint density at radius 1 is 0.952 bits per heavy atom. The van der Waals surface area contributed by atoms with Gasteiger partial charge in [-0.2, -0.15) is 0 Å². The summed E-state index contributed by atoms with van der Waals surface area (Å²) in [6.07, 6.45) is 0.737. The minimum absolute atomic E-state index is 0.0363. The largest absolute Gasteiger partial charge is 0.497 e. The number of halogens is 2. The normalized spacial score (nSPS) is 17.6. The topological polar surface area (TPSA) is 68.4 Å². The molecule has 0 unspecified atom stereocenters. The summed E-state index contributed by atoms with van der Waals surface area (Å²) in [5.74, 6) is -0.0610. The highest BCUT2D eigenvalue weighted by Gasteiger charge is 2.44. The first kappa shape index (κ1) is 29.8. The minimum Gasteiger partial charge on any atom is -0.497 e. The molecule has 42 heavy (non-hydrogen) atoms. The predicted octanol–water partition coefficient (Wildman–Crippen LogP) is 5.03. The molecule has 11 heteroatoms. The maximum atomic E-state index is 13.7. The van der Waals surface area contributed by atoms with Gasteiger partial charge in [0.1, 0.15) is 17.6 Å². The van der Waals surface area contributed by atoms with E-state index < -0.39 is 6.04 Å². The summed E-state index contributed by atoms with van der Waals surface area (Å²) in [6, 6.07) is 19.9. The second-order valence-corrected chi connectivity index (χ2v) is 11.1. The second kappa shape index (κ2) is 13.5. The summed E-state index contributed by atoms with van der Waals surface area (Å²) in [7, 11) is 1.58. The Morgan fingerprint density at radius 3 is 2.24 bits per heavy atom. The van der Waals surface area contributed by atoms with E-state index in [9.17, 15) is 14.0 Å². The maximum absolute atomic E-state index is 13.7. The molecule has 2 aliphatic heterocycles. The molecule has 8 nitrogen and oxygen atoms in total. The van der Waals surface area contributed by atoms with E-state index in [4.69, 9.17) is 28.6 Å². The van der Waals surface area contributed by atoms with Crippen LogP contribution in [0.25, 0.3) is 0 Å². The molecule has 0 radical (unpaired) electrons. The highest BCUT2D eigenvalue weighted by atomic mass is 35.5. The lowest BCUT2D eigenvalue weighted by molar-refractivity contribution is -0.124. The van der Waals surface area contributed by atoms with Gasteiger partial charge in [-0.05, 0) is 98.0 Å². The molecule has 2 fully saturated rings. The Balaban J connectivity index is 1.22. The zero-order valence-electron chi connectivity index (χ0n) is 23.3. The van der Waals surface area contributed by atoms with E-state index >= 15 is 0 Å². The van der Waals surface area contributed by atoms with Crippen LogP contribution in [0.15, 0.2) is 72.8 Å². The Kier molecular flexibility index (Phi) is 9.56. The van der Waals surface area contributed by atoms with Gasteiger partial charge >= 0.3 is 0 Å². The summed E-state index contributed by atoms with van der Waals surface area (Å²) in [4.78, 5) is 34.7. The van der Waals surface area contributed by atoms with Crippen LogP contribution in [0.2, 0.25) is 5.02 Å². The molecule has 1 atom stereocenters. The van der Waals surface area contributed by atoms with Gasteiger partial charge in [-0.1, -0.05) is 11.6 Å². The van der Waals surface area contributed by atoms with Crippen LogP contribution in [0, 0.1) is 5.82 Å². The molecular formula is C31H33ClFN5O3S. The molecule has 0 bridgehead atoms. The molecule has 3 aromatic carbocycles. The van der Waals surface area contributed by atoms with Crippen LogP contribution in [0.4, 0.5) is 21.5 Å². The third-order valence-corrected chi connectivity index (χ3v) is 8.26. The number of hydrogen-bond acceptors (Lipinski definition) is 6. The summed E-state index contributed by atoms with van der Waals surface area (Å²) >= 11 is 11.9. The molecule has 3 aromatic rings. The fourth-order valence-electron chi connectivity index (χ4n) is 5.32. The van der Waals surface area contributed by atoms with Crippen LogP contribution < -0.4 is 19.9 Å². The summed E-state index contributed by atoms with van der Waals surface area (Å²) < 4.78 is 18.5. The number of hydrogen-bond donors (Lipinski definition) is 1. The number of benzene rings is 3. The van der Waals surface area contributed by atoms with Crippen molar-refractivity contribution in [3.63, 3.8) is 0 Å². The maximum Gasteiger partial charge on any atom is 0.256 e. The first-order valence-electron chi connectivity index (χ1n) is 13.9. The number of nitrogens with one attached hydrogen (secondary N) is 1. The number of rotatable bonds is 10. The van der Waals surface area contributed by atoms with Gasteiger partial charge in [-0.25, -0.2) is 4.39 Å². The average molecular weight is 610 g/mol. The Hall–Kier alpha value is -3.73. The molecule has 5 rings (SSSR count). The van der Waals surface area contributed by atoms with Gasteiger partial charge in [0.05, 0.1) is 19.2 Å².